The summed E-state index contributed by atoms with van der Waals surface area (Å²) in [5.41, 5.74) is 0.746. The summed E-state index contributed by atoms with van der Waals surface area (Å²) in [6, 6.07) is 7.41. The third kappa shape index (κ3) is 6.86. The summed E-state index contributed by atoms with van der Waals surface area (Å²) in [5.74, 6) is 0. The minimum atomic E-state index is -0.898. The molecule has 0 amide bonds. The predicted octanol–water partition coefficient (Wildman–Crippen LogP) is 1.25. The maximum absolute atomic E-state index is 9.92. The van der Waals surface area contributed by atoms with E-state index in [0.717, 1.165) is 29.3 Å². The van der Waals surface area contributed by atoms with Gasteiger partial charge < -0.3 is 14.8 Å². The molecule has 2 N–H and O–H groups in total. The fourth-order valence-electron chi connectivity index (χ4n) is 1.88. The highest BCUT2D eigenvalue weighted by Gasteiger charge is 2.16. The Hall–Kier alpha value is -0.395. The summed E-state index contributed by atoms with van der Waals surface area (Å²) in [4.78, 5) is 2.15. The SMILES string of the molecule is CCCCN(CCO)CCOB(O)c1ccc(Br)cc1. The lowest BCUT2D eigenvalue weighted by atomic mass is 9.80. The molecule has 0 aliphatic rings. The molecule has 0 saturated carbocycles. The molecule has 0 heterocycles. The number of aliphatic hydroxyl groups is 1. The summed E-state index contributed by atoms with van der Waals surface area (Å²) in [5, 5.41) is 18.9. The van der Waals surface area contributed by atoms with E-state index in [1.807, 2.05) is 24.3 Å². The van der Waals surface area contributed by atoms with Gasteiger partial charge in [-0.25, -0.2) is 0 Å². The summed E-state index contributed by atoms with van der Waals surface area (Å²) in [6.07, 6.45) is 2.24. The summed E-state index contributed by atoms with van der Waals surface area (Å²) < 4.78 is 6.42. The molecule has 0 unspecified atom stereocenters. The smallest absolute Gasteiger partial charge is 0.423 e. The van der Waals surface area contributed by atoms with Crippen LogP contribution in [0.5, 0.6) is 0 Å². The van der Waals surface area contributed by atoms with Crippen LogP contribution in [-0.4, -0.2) is 55.0 Å². The minimum Gasteiger partial charge on any atom is -0.423 e. The van der Waals surface area contributed by atoms with E-state index < -0.39 is 7.12 Å². The lowest BCUT2D eigenvalue weighted by Gasteiger charge is -2.21. The van der Waals surface area contributed by atoms with E-state index in [1.165, 1.54) is 0 Å². The zero-order valence-corrected chi connectivity index (χ0v) is 13.6. The molecule has 0 saturated heterocycles. The first-order valence-electron chi connectivity index (χ1n) is 7.05. The van der Waals surface area contributed by atoms with Crippen molar-refractivity contribution in [2.45, 2.75) is 19.8 Å². The largest absolute Gasteiger partial charge is 0.491 e. The molecule has 0 spiro atoms. The third-order valence-electron chi connectivity index (χ3n) is 3.08. The molecule has 0 atom stereocenters. The maximum atomic E-state index is 9.92. The Morgan fingerprint density at radius 1 is 1.20 bits per heavy atom. The zero-order chi connectivity index (χ0) is 14.8. The van der Waals surface area contributed by atoms with Gasteiger partial charge in [-0.15, -0.1) is 0 Å². The Kier molecular flexibility index (Phi) is 9.14. The number of benzene rings is 1. The summed E-state index contributed by atoms with van der Waals surface area (Å²) >= 11 is 3.35. The average molecular weight is 344 g/mol. The van der Waals surface area contributed by atoms with Crippen LogP contribution in [0.2, 0.25) is 0 Å². The third-order valence-corrected chi connectivity index (χ3v) is 3.61. The van der Waals surface area contributed by atoms with Gasteiger partial charge in [-0.2, -0.15) is 0 Å². The van der Waals surface area contributed by atoms with E-state index in [1.54, 1.807) is 0 Å². The first kappa shape index (κ1) is 17.7. The van der Waals surface area contributed by atoms with Crippen molar-refractivity contribution < 1.29 is 14.8 Å². The normalized spacial score (nSPS) is 11.1. The average Bonchev–Trinajstić information content (AvgIpc) is 2.45. The molecule has 112 valence electrons. The standard InChI is InChI=1S/C14H23BBrNO3/c1-2-3-8-17(9-11-18)10-12-20-15(19)13-4-6-14(16)7-5-13/h4-7,18-19H,2-3,8-12H2,1H3. The first-order valence-corrected chi connectivity index (χ1v) is 7.85. The van der Waals surface area contributed by atoms with E-state index >= 15 is 0 Å². The van der Waals surface area contributed by atoms with Crippen molar-refractivity contribution in [1.29, 1.82) is 0 Å². The van der Waals surface area contributed by atoms with Crippen molar-refractivity contribution in [2.75, 3.05) is 32.8 Å². The number of rotatable bonds is 10. The lowest BCUT2D eigenvalue weighted by molar-refractivity contribution is 0.159. The van der Waals surface area contributed by atoms with Crippen LogP contribution < -0.4 is 5.46 Å². The monoisotopic (exact) mass is 343 g/mol. The number of hydrogen-bond donors (Lipinski definition) is 2. The van der Waals surface area contributed by atoms with Gasteiger partial charge >= 0.3 is 7.12 Å². The molecule has 0 aliphatic heterocycles. The van der Waals surface area contributed by atoms with E-state index in [-0.39, 0.29) is 6.61 Å². The Bertz CT molecular complexity index is 364. The quantitative estimate of drug-likeness (QED) is 0.628. The van der Waals surface area contributed by atoms with Crippen LogP contribution in [0.15, 0.2) is 28.7 Å². The predicted molar refractivity (Wildman–Crippen MR) is 86.1 cm³/mol. The molecule has 20 heavy (non-hydrogen) atoms. The van der Waals surface area contributed by atoms with Gasteiger partial charge in [-0.05, 0) is 30.6 Å². The second-order valence-corrected chi connectivity index (χ2v) is 5.61. The van der Waals surface area contributed by atoms with Crippen LogP contribution in [0.3, 0.4) is 0 Å². The van der Waals surface area contributed by atoms with Gasteiger partial charge in [-0.1, -0.05) is 41.4 Å². The van der Waals surface area contributed by atoms with Crippen LogP contribution in [0.4, 0.5) is 0 Å². The van der Waals surface area contributed by atoms with Crippen LogP contribution in [0.1, 0.15) is 19.8 Å². The van der Waals surface area contributed by atoms with Crippen LogP contribution >= 0.6 is 15.9 Å². The molecule has 1 aromatic carbocycles. The van der Waals surface area contributed by atoms with Gasteiger partial charge in [0.1, 0.15) is 0 Å². The van der Waals surface area contributed by atoms with E-state index in [2.05, 4.69) is 27.8 Å². The highest BCUT2D eigenvalue weighted by Crippen LogP contribution is 2.05. The Morgan fingerprint density at radius 3 is 2.50 bits per heavy atom. The minimum absolute atomic E-state index is 0.152. The number of unbranched alkanes of at least 4 members (excludes halogenated alkanes) is 1. The Morgan fingerprint density at radius 2 is 1.90 bits per heavy atom. The number of halogens is 1. The molecule has 0 radical (unpaired) electrons. The van der Waals surface area contributed by atoms with Crippen LogP contribution in [0, 0.1) is 0 Å². The second kappa shape index (κ2) is 10.3. The lowest BCUT2D eigenvalue weighted by Crippen LogP contribution is -2.37. The maximum Gasteiger partial charge on any atom is 0.491 e. The topological polar surface area (TPSA) is 52.9 Å². The summed E-state index contributed by atoms with van der Waals surface area (Å²) in [6.45, 7) is 5.06. The Balaban J connectivity index is 2.31. The van der Waals surface area contributed by atoms with Crippen molar-refractivity contribution in [2.24, 2.45) is 0 Å². The molecule has 0 aliphatic carbocycles. The molecule has 1 aromatic rings. The fraction of sp³-hybridized carbons (Fsp3) is 0.571. The van der Waals surface area contributed by atoms with E-state index in [4.69, 9.17) is 9.76 Å². The molecular weight excluding hydrogens is 321 g/mol. The second-order valence-electron chi connectivity index (χ2n) is 4.69. The van der Waals surface area contributed by atoms with E-state index in [0.29, 0.717) is 19.7 Å². The molecule has 6 heteroatoms. The molecule has 0 aromatic heterocycles. The van der Waals surface area contributed by atoms with Crippen molar-refractivity contribution >= 4 is 28.5 Å². The fourth-order valence-corrected chi connectivity index (χ4v) is 2.14. The van der Waals surface area contributed by atoms with Crippen molar-refractivity contribution in [3.8, 4) is 0 Å². The zero-order valence-electron chi connectivity index (χ0n) is 12.0. The van der Waals surface area contributed by atoms with Gasteiger partial charge in [0.05, 0.1) is 6.61 Å². The highest BCUT2D eigenvalue weighted by atomic mass is 79.9. The summed E-state index contributed by atoms with van der Waals surface area (Å²) in [7, 11) is -0.898. The van der Waals surface area contributed by atoms with Gasteiger partial charge in [0.25, 0.3) is 0 Å². The van der Waals surface area contributed by atoms with Gasteiger partial charge in [0.15, 0.2) is 0 Å². The molecular formula is C14H23BBrNO3. The van der Waals surface area contributed by atoms with Crippen LogP contribution in [-0.2, 0) is 4.65 Å². The highest BCUT2D eigenvalue weighted by molar-refractivity contribution is 9.10. The van der Waals surface area contributed by atoms with Crippen LogP contribution in [0.25, 0.3) is 0 Å². The van der Waals surface area contributed by atoms with Gasteiger partial charge in [-0.3, -0.25) is 4.90 Å². The van der Waals surface area contributed by atoms with Crippen molar-refractivity contribution in [1.82, 2.24) is 4.90 Å². The molecule has 1 rings (SSSR count). The molecule has 0 fully saturated rings. The van der Waals surface area contributed by atoms with Crippen molar-refractivity contribution in [3.05, 3.63) is 28.7 Å². The number of nitrogens with zero attached hydrogens (tertiary/aromatic N) is 1. The number of hydrogen-bond acceptors (Lipinski definition) is 4. The molecule has 4 nitrogen and oxygen atoms in total. The van der Waals surface area contributed by atoms with Gasteiger partial charge in [0, 0.05) is 24.2 Å². The number of aliphatic hydroxyl groups excluding tert-OH is 1. The Labute approximate surface area is 130 Å². The first-order chi connectivity index (χ1) is 9.67. The molecule has 0 bridgehead atoms. The van der Waals surface area contributed by atoms with E-state index in [9.17, 15) is 5.02 Å². The van der Waals surface area contributed by atoms with Crippen molar-refractivity contribution in [3.63, 3.8) is 0 Å². The van der Waals surface area contributed by atoms with Gasteiger partial charge in [0.2, 0.25) is 0 Å².